The Bertz CT molecular complexity index is 822. The van der Waals surface area contributed by atoms with E-state index in [4.69, 9.17) is 16.2 Å². The van der Waals surface area contributed by atoms with E-state index in [1.807, 2.05) is 24.3 Å². The minimum Gasteiger partial charge on any atom is -0.483 e. The largest absolute Gasteiger partial charge is 0.483 e. The molecule has 0 aromatic carbocycles. The van der Waals surface area contributed by atoms with E-state index in [-0.39, 0.29) is 18.0 Å². The first-order chi connectivity index (χ1) is 13.1. The van der Waals surface area contributed by atoms with Gasteiger partial charge in [0.1, 0.15) is 11.6 Å². The lowest BCUT2D eigenvalue weighted by atomic mass is 9.99. The molecule has 0 atom stereocenters. The van der Waals surface area contributed by atoms with Crippen LogP contribution in [0.25, 0.3) is 17.2 Å². The summed E-state index contributed by atoms with van der Waals surface area (Å²) in [6.07, 6.45) is 8.91. The molecule has 0 spiro atoms. The number of nitrogens with two attached hydrogens (primary N) is 2. The highest BCUT2D eigenvalue weighted by Crippen LogP contribution is 2.33. The van der Waals surface area contributed by atoms with Gasteiger partial charge < -0.3 is 26.6 Å². The Hall–Kier alpha value is -3.00. The van der Waals surface area contributed by atoms with E-state index in [2.05, 4.69) is 15.4 Å². The Labute approximate surface area is 158 Å². The quantitative estimate of drug-likeness (QED) is 0.433. The van der Waals surface area contributed by atoms with Crippen molar-refractivity contribution in [1.29, 1.82) is 0 Å². The number of allylic oxidation sites excluding steroid dienone is 2. The Morgan fingerprint density at radius 3 is 2.74 bits per heavy atom. The molecular formula is C19H26N6O2. The fourth-order valence-corrected chi connectivity index (χ4v) is 3.29. The summed E-state index contributed by atoms with van der Waals surface area (Å²) in [6.45, 7) is 0.0667. The zero-order valence-corrected chi connectivity index (χ0v) is 15.4. The molecule has 2 aromatic rings. The Morgan fingerprint density at radius 1 is 1.33 bits per heavy atom. The number of methoxy groups -OCH3 is 1. The topological polar surface area (TPSA) is 124 Å². The minimum atomic E-state index is -0.334. The Kier molecular flexibility index (Phi) is 5.66. The average Bonchev–Trinajstić information content (AvgIpc) is 3.34. The van der Waals surface area contributed by atoms with Crippen molar-refractivity contribution in [2.45, 2.75) is 31.2 Å². The van der Waals surface area contributed by atoms with Crippen molar-refractivity contribution in [3.05, 3.63) is 48.5 Å². The monoisotopic (exact) mass is 370 g/mol. The molecule has 1 saturated carbocycles. The number of nitrogens with one attached hydrogen (secondary N) is 1. The van der Waals surface area contributed by atoms with Crippen LogP contribution in [0.3, 0.4) is 0 Å². The molecule has 3 rings (SSSR count). The number of aliphatic hydroxyl groups excluding tert-OH is 1. The average molecular weight is 370 g/mol. The molecule has 1 fully saturated rings. The van der Waals surface area contributed by atoms with Gasteiger partial charge in [-0.25, -0.2) is 4.68 Å². The molecule has 0 unspecified atom stereocenters. The van der Waals surface area contributed by atoms with Crippen molar-refractivity contribution >= 4 is 11.6 Å². The maximum Gasteiger partial charge on any atom is 0.183 e. The molecule has 6 N–H and O–H groups in total. The van der Waals surface area contributed by atoms with Crippen LogP contribution in [-0.4, -0.2) is 39.1 Å². The van der Waals surface area contributed by atoms with Crippen molar-refractivity contribution in [1.82, 2.24) is 14.8 Å². The van der Waals surface area contributed by atoms with Crippen molar-refractivity contribution in [3.63, 3.8) is 0 Å². The first-order valence-corrected chi connectivity index (χ1v) is 8.95. The molecule has 2 aromatic heterocycles. The maximum absolute atomic E-state index is 9.87. The summed E-state index contributed by atoms with van der Waals surface area (Å²) in [6, 6.07) is 7.54. The number of aliphatic hydroxyl groups is 1. The summed E-state index contributed by atoms with van der Waals surface area (Å²) in [7, 11) is 1.49. The molecule has 1 aliphatic carbocycles. The SMILES string of the molecule is CO/C(N)=C/C=C(\N)n1nc(NC2(CO)CCCC2)cc1-c1ccccn1. The maximum atomic E-state index is 9.87. The molecule has 0 aliphatic heterocycles. The molecule has 0 radical (unpaired) electrons. The van der Waals surface area contributed by atoms with Crippen LogP contribution in [0.2, 0.25) is 0 Å². The predicted molar refractivity (Wildman–Crippen MR) is 105 cm³/mol. The normalized spacial score (nSPS) is 17.1. The van der Waals surface area contributed by atoms with E-state index in [9.17, 15) is 5.11 Å². The molecular weight excluding hydrogens is 344 g/mol. The second-order valence-corrected chi connectivity index (χ2v) is 6.68. The van der Waals surface area contributed by atoms with Crippen LogP contribution in [-0.2, 0) is 4.74 Å². The predicted octanol–water partition coefficient (Wildman–Crippen LogP) is 1.87. The van der Waals surface area contributed by atoms with Gasteiger partial charge in [0.15, 0.2) is 5.88 Å². The van der Waals surface area contributed by atoms with Gasteiger partial charge in [0.05, 0.1) is 30.6 Å². The second kappa shape index (κ2) is 8.13. The zero-order valence-electron chi connectivity index (χ0n) is 15.4. The lowest BCUT2D eigenvalue weighted by molar-refractivity contribution is 0.214. The van der Waals surface area contributed by atoms with Gasteiger partial charge >= 0.3 is 0 Å². The first kappa shape index (κ1) is 18.8. The van der Waals surface area contributed by atoms with Gasteiger partial charge in [-0.1, -0.05) is 18.9 Å². The number of nitrogens with zero attached hydrogens (tertiary/aromatic N) is 3. The van der Waals surface area contributed by atoms with E-state index >= 15 is 0 Å². The van der Waals surface area contributed by atoms with Crippen LogP contribution < -0.4 is 16.8 Å². The van der Waals surface area contributed by atoms with Crippen molar-refractivity contribution in [3.8, 4) is 11.4 Å². The number of anilines is 1. The van der Waals surface area contributed by atoms with Crippen molar-refractivity contribution < 1.29 is 9.84 Å². The lowest BCUT2D eigenvalue weighted by Gasteiger charge is -2.27. The van der Waals surface area contributed by atoms with Gasteiger partial charge in [0, 0.05) is 18.3 Å². The standard InChI is InChI=1S/C19H26N6O2/c1-27-17(21)8-7-16(20)25-15(14-6-2-5-11-22-14)12-18(24-25)23-19(13-26)9-3-4-10-19/h2,5-8,11-12,26H,3-4,9-10,13,20-21H2,1H3,(H,23,24)/b16-7+,17-8+. The number of hydrogen-bond donors (Lipinski definition) is 4. The number of ether oxygens (including phenoxy) is 1. The molecule has 0 amide bonds. The van der Waals surface area contributed by atoms with E-state index in [0.717, 1.165) is 37.1 Å². The highest BCUT2D eigenvalue weighted by molar-refractivity contribution is 5.65. The summed E-state index contributed by atoms with van der Waals surface area (Å²) < 4.78 is 6.53. The molecule has 8 nitrogen and oxygen atoms in total. The molecule has 144 valence electrons. The van der Waals surface area contributed by atoms with E-state index in [1.165, 1.54) is 7.11 Å². The second-order valence-electron chi connectivity index (χ2n) is 6.68. The zero-order chi connectivity index (χ0) is 19.3. The highest BCUT2D eigenvalue weighted by Gasteiger charge is 2.34. The van der Waals surface area contributed by atoms with Gasteiger partial charge in [-0.3, -0.25) is 4.98 Å². The highest BCUT2D eigenvalue weighted by atomic mass is 16.5. The van der Waals surface area contributed by atoms with E-state index < -0.39 is 0 Å². The van der Waals surface area contributed by atoms with Gasteiger partial charge in [0.2, 0.25) is 0 Å². The summed E-state index contributed by atoms with van der Waals surface area (Å²) in [5.41, 5.74) is 13.0. The summed E-state index contributed by atoms with van der Waals surface area (Å²) >= 11 is 0. The van der Waals surface area contributed by atoms with Crippen LogP contribution in [0, 0.1) is 0 Å². The Balaban J connectivity index is 1.99. The fraction of sp³-hybridized carbons (Fsp3) is 0.368. The third-order valence-electron chi connectivity index (χ3n) is 4.79. The molecule has 1 aliphatic rings. The smallest absolute Gasteiger partial charge is 0.183 e. The van der Waals surface area contributed by atoms with E-state index in [1.54, 1.807) is 23.0 Å². The van der Waals surface area contributed by atoms with Crippen LogP contribution in [0.5, 0.6) is 0 Å². The first-order valence-electron chi connectivity index (χ1n) is 8.95. The fourth-order valence-electron chi connectivity index (χ4n) is 3.29. The summed E-state index contributed by atoms with van der Waals surface area (Å²) in [5, 5.41) is 17.9. The van der Waals surface area contributed by atoms with Crippen LogP contribution in [0.1, 0.15) is 25.7 Å². The van der Waals surface area contributed by atoms with Gasteiger partial charge in [-0.15, -0.1) is 5.10 Å². The number of pyridine rings is 1. The lowest BCUT2D eigenvalue weighted by Crippen LogP contribution is -2.39. The number of aromatic nitrogens is 3. The number of hydrogen-bond acceptors (Lipinski definition) is 7. The minimum absolute atomic E-state index is 0.0667. The van der Waals surface area contributed by atoms with Crippen molar-refractivity contribution in [2.24, 2.45) is 11.5 Å². The molecule has 27 heavy (non-hydrogen) atoms. The van der Waals surface area contributed by atoms with Crippen LogP contribution in [0.15, 0.2) is 48.5 Å². The molecule has 8 heteroatoms. The molecule has 2 heterocycles. The molecule has 0 bridgehead atoms. The van der Waals surface area contributed by atoms with Gasteiger partial charge in [-0.2, -0.15) is 0 Å². The van der Waals surface area contributed by atoms with Crippen LogP contribution >= 0.6 is 0 Å². The van der Waals surface area contributed by atoms with Gasteiger partial charge in [0.25, 0.3) is 0 Å². The summed E-state index contributed by atoms with van der Waals surface area (Å²) in [5.74, 6) is 1.26. The van der Waals surface area contributed by atoms with Crippen LogP contribution in [0.4, 0.5) is 5.82 Å². The third kappa shape index (κ3) is 4.22. The summed E-state index contributed by atoms with van der Waals surface area (Å²) in [4.78, 5) is 4.40. The number of rotatable bonds is 7. The molecule has 0 saturated heterocycles. The third-order valence-corrected chi connectivity index (χ3v) is 4.79. The van der Waals surface area contributed by atoms with E-state index in [0.29, 0.717) is 11.6 Å². The van der Waals surface area contributed by atoms with Gasteiger partial charge in [-0.05, 0) is 31.1 Å². The Morgan fingerprint density at radius 2 is 2.11 bits per heavy atom. The van der Waals surface area contributed by atoms with Crippen molar-refractivity contribution in [2.75, 3.05) is 19.0 Å².